The summed E-state index contributed by atoms with van der Waals surface area (Å²) >= 11 is 0. The average Bonchev–Trinajstić information content (AvgIpc) is 2.38. The maximum atomic E-state index is 8.69. The van der Waals surface area contributed by atoms with Crippen molar-refractivity contribution >= 4 is 11.8 Å². The molecular weight excluding hydrogens is 214 g/mol. The maximum Gasteiger partial charge on any atom is 0.224 e. The predicted octanol–water partition coefficient (Wildman–Crippen LogP) is 1.54. The molecule has 1 aromatic carbocycles. The second-order valence-electron chi connectivity index (χ2n) is 3.44. The number of rotatable bonds is 3. The topological polar surface area (TPSA) is 87.6 Å². The van der Waals surface area contributed by atoms with Gasteiger partial charge in [0.05, 0.1) is 6.20 Å². The summed E-state index contributed by atoms with van der Waals surface area (Å²) in [5.74, 6) is 0.614. The number of hydrogen-bond donors (Lipinski definition) is 2. The van der Waals surface area contributed by atoms with Gasteiger partial charge in [-0.3, -0.25) is 0 Å². The SMILES string of the molecule is N#Cc1cnc(NCc2ccccc2)nc1N. The van der Waals surface area contributed by atoms with Crippen molar-refractivity contribution in [2.75, 3.05) is 11.1 Å². The number of anilines is 2. The lowest BCUT2D eigenvalue weighted by Gasteiger charge is -2.05. The quantitative estimate of drug-likeness (QED) is 0.827. The van der Waals surface area contributed by atoms with Gasteiger partial charge in [-0.2, -0.15) is 10.2 Å². The lowest BCUT2D eigenvalue weighted by molar-refractivity contribution is 1.05. The number of benzene rings is 1. The number of nitriles is 1. The molecule has 0 unspecified atom stereocenters. The van der Waals surface area contributed by atoms with Crippen LogP contribution in [-0.4, -0.2) is 9.97 Å². The molecular formula is C12H11N5. The van der Waals surface area contributed by atoms with Crippen molar-refractivity contribution in [2.24, 2.45) is 0 Å². The summed E-state index contributed by atoms with van der Waals surface area (Å²) in [6, 6.07) is 11.8. The first-order valence-corrected chi connectivity index (χ1v) is 5.10. The molecule has 0 fully saturated rings. The Hall–Kier alpha value is -2.61. The highest BCUT2D eigenvalue weighted by Crippen LogP contribution is 2.09. The van der Waals surface area contributed by atoms with Crippen molar-refractivity contribution in [3.05, 3.63) is 47.7 Å². The van der Waals surface area contributed by atoms with E-state index in [1.807, 2.05) is 36.4 Å². The van der Waals surface area contributed by atoms with Crippen LogP contribution >= 0.6 is 0 Å². The molecule has 0 aliphatic heterocycles. The van der Waals surface area contributed by atoms with E-state index >= 15 is 0 Å². The minimum Gasteiger partial charge on any atom is -0.382 e. The molecule has 5 heteroatoms. The van der Waals surface area contributed by atoms with Crippen LogP contribution in [0.4, 0.5) is 11.8 Å². The molecule has 1 aromatic heterocycles. The first-order chi connectivity index (χ1) is 8.29. The fraction of sp³-hybridized carbons (Fsp3) is 0.0833. The van der Waals surface area contributed by atoms with Gasteiger partial charge in [-0.05, 0) is 5.56 Å². The van der Waals surface area contributed by atoms with Gasteiger partial charge in [0.15, 0.2) is 0 Å². The van der Waals surface area contributed by atoms with Crippen LogP contribution in [0.5, 0.6) is 0 Å². The molecule has 0 atom stereocenters. The van der Waals surface area contributed by atoms with E-state index in [0.717, 1.165) is 5.56 Å². The van der Waals surface area contributed by atoms with Gasteiger partial charge in [-0.25, -0.2) is 4.98 Å². The zero-order valence-corrected chi connectivity index (χ0v) is 9.09. The average molecular weight is 225 g/mol. The molecule has 84 valence electrons. The van der Waals surface area contributed by atoms with Crippen molar-refractivity contribution in [3.63, 3.8) is 0 Å². The molecule has 1 heterocycles. The fourth-order valence-electron chi connectivity index (χ4n) is 1.34. The molecule has 0 aliphatic carbocycles. The van der Waals surface area contributed by atoms with Crippen LogP contribution in [0.1, 0.15) is 11.1 Å². The molecule has 2 aromatic rings. The molecule has 0 saturated heterocycles. The molecule has 2 rings (SSSR count). The number of aromatic nitrogens is 2. The third kappa shape index (κ3) is 2.69. The lowest BCUT2D eigenvalue weighted by Crippen LogP contribution is -2.06. The van der Waals surface area contributed by atoms with E-state index < -0.39 is 0 Å². The third-order valence-corrected chi connectivity index (χ3v) is 2.23. The normalized spacial score (nSPS) is 9.59. The minimum absolute atomic E-state index is 0.193. The molecule has 0 bridgehead atoms. The molecule has 17 heavy (non-hydrogen) atoms. The van der Waals surface area contributed by atoms with Crippen LogP contribution in [0, 0.1) is 11.3 Å². The Bertz CT molecular complexity index is 545. The number of nitrogens with two attached hydrogens (primary N) is 1. The van der Waals surface area contributed by atoms with Crippen LogP contribution in [0.25, 0.3) is 0 Å². The first kappa shape index (κ1) is 10.9. The number of nitrogen functional groups attached to an aromatic ring is 1. The van der Waals surface area contributed by atoms with Gasteiger partial charge in [0, 0.05) is 6.54 Å². The van der Waals surface area contributed by atoms with Crippen molar-refractivity contribution < 1.29 is 0 Å². The van der Waals surface area contributed by atoms with E-state index in [2.05, 4.69) is 15.3 Å². The van der Waals surface area contributed by atoms with Crippen molar-refractivity contribution in [1.82, 2.24) is 9.97 Å². The van der Waals surface area contributed by atoms with E-state index in [1.54, 1.807) is 0 Å². The summed E-state index contributed by atoms with van der Waals surface area (Å²) < 4.78 is 0. The summed E-state index contributed by atoms with van der Waals surface area (Å²) in [6.07, 6.45) is 1.41. The number of nitrogens with zero attached hydrogens (tertiary/aromatic N) is 3. The number of hydrogen-bond acceptors (Lipinski definition) is 5. The van der Waals surface area contributed by atoms with E-state index in [0.29, 0.717) is 12.5 Å². The largest absolute Gasteiger partial charge is 0.382 e. The van der Waals surface area contributed by atoms with Gasteiger partial charge in [0.2, 0.25) is 5.95 Å². The van der Waals surface area contributed by atoms with Gasteiger partial charge >= 0.3 is 0 Å². The van der Waals surface area contributed by atoms with E-state index in [9.17, 15) is 0 Å². The number of nitrogens with one attached hydrogen (secondary N) is 1. The summed E-state index contributed by atoms with van der Waals surface area (Å²) in [4.78, 5) is 7.99. The molecule has 0 radical (unpaired) electrons. The van der Waals surface area contributed by atoms with Crippen molar-refractivity contribution in [1.29, 1.82) is 5.26 Å². The standard InChI is InChI=1S/C12H11N5/c13-6-10-8-16-12(17-11(10)14)15-7-9-4-2-1-3-5-9/h1-5,8H,7H2,(H3,14,15,16,17). The first-order valence-electron chi connectivity index (χ1n) is 5.10. The summed E-state index contributed by atoms with van der Waals surface area (Å²) in [5, 5.41) is 11.7. The minimum atomic E-state index is 0.193. The Kier molecular flexibility index (Phi) is 3.17. The van der Waals surface area contributed by atoms with Crippen molar-refractivity contribution in [2.45, 2.75) is 6.54 Å². The monoisotopic (exact) mass is 225 g/mol. The van der Waals surface area contributed by atoms with Crippen LogP contribution in [0.15, 0.2) is 36.5 Å². The lowest BCUT2D eigenvalue weighted by atomic mass is 10.2. The predicted molar refractivity (Wildman–Crippen MR) is 64.9 cm³/mol. The Balaban J connectivity index is 2.06. The Morgan fingerprint density at radius 3 is 2.71 bits per heavy atom. The molecule has 0 amide bonds. The van der Waals surface area contributed by atoms with Crippen LogP contribution in [0.3, 0.4) is 0 Å². The van der Waals surface area contributed by atoms with Crippen LogP contribution < -0.4 is 11.1 Å². The second-order valence-corrected chi connectivity index (χ2v) is 3.44. The summed E-state index contributed by atoms with van der Waals surface area (Å²) in [7, 11) is 0. The van der Waals surface area contributed by atoms with Gasteiger partial charge in [0.1, 0.15) is 17.5 Å². The highest BCUT2D eigenvalue weighted by molar-refractivity contribution is 5.49. The zero-order valence-electron chi connectivity index (χ0n) is 9.09. The third-order valence-electron chi connectivity index (χ3n) is 2.23. The Morgan fingerprint density at radius 2 is 2.06 bits per heavy atom. The van der Waals surface area contributed by atoms with E-state index in [-0.39, 0.29) is 11.4 Å². The van der Waals surface area contributed by atoms with E-state index in [4.69, 9.17) is 11.0 Å². The summed E-state index contributed by atoms with van der Waals surface area (Å²) in [5.41, 5.74) is 7.00. The molecule has 0 spiro atoms. The molecule has 0 saturated carbocycles. The van der Waals surface area contributed by atoms with E-state index in [1.165, 1.54) is 6.20 Å². The highest BCUT2D eigenvalue weighted by atomic mass is 15.1. The molecule has 0 aliphatic rings. The fourth-order valence-corrected chi connectivity index (χ4v) is 1.34. The van der Waals surface area contributed by atoms with Gasteiger partial charge in [0.25, 0.3) is 0 Å². The molecule has 3 N–H and O–H groups in total. The maximum absolute atomic E-state index is 8.69. The van der Waals surface area contributed by atoms with Crippen LogP contribution in [-0.2, 0) is 6.54 Å². The van der Waals surface area contributed by atoms with Crippen molar-refractivity contribution in [3.8, 4) is 6.07 Å². The van der Waals surface area contributed by atoms with Crippen LogP contribution in [0.2, 0.25) is 0 Å². The zero-order chi connectivity index (χ0) is 12.1. The van der Waals surface area contributed by atoms with Gasteiger partial charge < -0.3 is 11.1 Å². The smallest absolute Gasteiger partial charge is 0.224 e. The summed E-state index contributed by atoms with van der Waals surface area (Å²) in [6.45, 7) is 0.617. The Labute approximate surface area is 98.9 Å². The van der Waals surface area contributed by atoms with Gasteiger partial charge in [-0.1, -0.05) is 30.3 Å². The Morgan fingerprint density at radius 1 is 1.29 bits per heavy atom. The molecule has 5 nitrogen and oxygen atoms in total. The second kappa shape index (κ2) is 4.94. The van der Waals surface area contributed by atoms with Gasteiger partial charge in [-0.15, -0.1) is 0 Å². The highest BCUT2D eigenvalue weighted by Gasteiger charge is 2.02.